The molecule has 9 rings (SSSR count). The van der Waals surface area contributed by atoms with Crippen LogP contribution in [0.3, 0.4) is 0 Å². The molecule has 274 valence electrons. The summed E-state index contributed by atoms with van der Waals surface area (Å²) < 4.78 is 0.735. The molecule has 2 aliphatic rings. The minimum atomic E-state index is 0.735. The molecular formula is C51H46N5+. The number of hydrogen-bond acceptors (Lipinski definition) is 2. The summed E-state index contributed by atoms with van der Waals surface area (Å²) in [5, 5.41) is 0. The van der Waals surface area contributed by atoms with Gasteiger partial charge in [0.2, 0.25) is 0 Å². The molecule has 2 N–H and O–H groups in total. The lowest BCUT2D eigenvalue weighted by molar-refractivity contribution is 0.486. The molecule has 4 aromatic carbocycles. The van der Waals surface area contributed by atoms with E-state index >= 15 is 0 Å². The summed E-state index contributed by atoms with van der Waals surface area (Å²) in [5.41, 5.74) is 22.6. The van der Waals surface area contributed by atoms with E-state index in [1.54, 1.807) is 0 Å². The molecule has 0 atom stereocenters. The van der Waals surface area contributed by atoms with Crippen molar-refractivity contribution >= 4 is 52.1 Å². The Bertz CT molecular complexity index is 2850. The van der Waals surface area contributed by atoms with E-state index in [-0.39, 0.29) is 0 Å². The molecular weight excluding hydrogens is 683 g/mol. The highest BCUT2D eigenvalue weighted by molar-refractivity contribution is 6.02. The second kappa shape index (κ2) is 13.6. The van der Waals surface area contributed by atoms with Crippen molar-refractivity contribution in [1.29, 1.82) is 0 Å². The maximum Gasteiger partial charge on any atom is 0.132 e. The minimum absolute atomic E-state index is 0.735. The van der Waals surface area contributed by atoms with Gasteiger partial charge in [-0.25, -0.2) is 9.97 Å². The van der Waals surface area contributed by atoms with E-state index in [1.807, 2.05) is 0 Å². The standard InChI is InChI=1S/C51H46N5/c1-31-32(2)49-46(37-21-15-10-16-22-37)42-29-30-43(53-42)47(38-23-25-39(26-24-38)56(5,6)7)51-34(4)33(3)50(55-51)45(36-19-13-9-14-20-36)41-28-27-40(52-41)44(48(31)54-49)35-17-11-8-12-18-35/h8-30,54-55H,1-7H3/q+1. The minimum Gasteiger partial charge on any atom is -0.354 e. The lowest BCUT2D eigenvalue weighted by atomic mass is 9.99. The van der Waals surface area contributed by atoms with Crippen molar-refractivity contribution in [3.63, 3.8) is 0 Å². The number of aryl methyl sites for hydroxylation is 4. The van der Waals surface area contributed by atoms with Crippen LogP contribution in [-0.2, 0) is 0 Å². The maximum atomic E-state index is 5.56. The highest BCUT2D eigenvalue weighted by atomic mass is 15.3. The van der Waals surface area contributed by atoms with Gasteiger partial charge < -0.3 is 9.97 Å². The molecule has 5 heterocycles. The Kier molecular flexibility index (Phi) is 8.56. The predicted molar refractivity (Wildman–Crippen MR) is 239 cm³/mol. The number of quaternary nitrogens is 1. The Labute approximate surface area is 329 Å². The number of aromatic nitrogens is 4. The van der Waals surface area contributed by atoms with E-state index in [9.17, 15) is 0 Å². The zero-order chi connectivity index (χ0) is 38.7. The molecule has 0 spiro atoms. The van der Waals surface area contributed by atoms with Gasteiger partial charge in [0.15, 0.2) is 0 Å². The largest absolute Gasteiger partial charge is 0.354 e. The Morgan fingerprint density at radius 2 is 0.625 bits per heavy atom. The van der Waals surface area contributed by atoms with Gasteiger partial charge in [-0.05, 0) is 121 Å². The van der Waals surface area contributed by atoms with Crippen LogP contribution in [0.25, 0.3) is 90.9 Å². The topological polar surface area (TPSA) is 57.4 Å². The van der Waals surface area contributed by atoms with Gasteiger partial charge in [0, 0.05) is 22.3 Å². The molecule has 5 heteroatoms. The molecule has 0 amide bonds. The van der Waals surface area contributed by atoms with Gasteiger partial charge in [0.1, 0.15) is 5.69 Å². The summed E-state index contributed by atoms with van der Waals surface area (Å²) in [6, 6.07) is 40.9. The number of benzene rings is 4. The third kappa shape index (κ3) is 5.92. The highest BCUT2D eigenvalue weighted by Gasteiger charge is 2.23. The van der Waals surface area contributed by atoms with Crippen LogP contribution in [0.4, 0.5) is 5.69 Å². The van der Waals surface area contributed by atoms with Crippen LogP contribution in [-0.4, -0.2) is 41.1 Å². The lowest BCUT2D eigenvalue weighted by Crippen LogP contribution is -2.34. The first kappa shape index (κ1) is 35.2. The van der Waals surface area contributed by atoms with Crippen LogP contribution in [0.15, 0.2) is 115 Å². The second-order valence-electron chi connectivity index (χ2n) is 15.8. The monoisotopic (exact) mass is 728 g/mol. The maximum absolute atomic E-state index is 5.56. The smallest absolute Gasteiger partial charge is 0.132 e. The third-order valence-electron chi connectivity index (χ3n) is 11.5. The van der Waals surface area contributed by atoms with Gasteiger partial charge in [-0.2, -0.15) is 0 Å². The summed E-state index contributed by atoms with van der Waals surface area (Å²) in [6.07, 6.45) is 8.74. The Hall–Kier alpha value is -6.56. The number of rotatable bonds is 5. The van der Waals surface area contributed by atoms with Crippen molar-refractivity contribution < 1.29 is 0 Å². The van der Waals surface area contributed by atoms with E-state index in [4.69, 9.17) is 9.97 Å². The van der Waals surface area contributed by atoms with E-state index in [0.29, 0.717) is 0 Å². The fourth-order valence-corrected chi connectivity index (χ4v) is 8.23. The zero-order valence-electron chi connectivity index (χ0n) is 33.1. The second-order valence-corrected chi connectivity index (χ2v) is 15.8. The summed E-state index contributed by atoms with van der Waals surface area (Å²) in [7, 11) is 6.60. The number of hydrogen-bond donors (Lipinski definition) is 2. The Morgan fingerprint density at radius 1 is 0.357 bits per heavy atom. The lowest BCUT2D eigenvalue weighted by Gasteiger charge is -2.23. The summed E-state index contributed by atoms with van der Waals surface area (Å²) in [6.45, 7) is 8.89. The number of fused-ring (bicyclic) bond motifs is 8. The van der Waals surface area contributed by atoms with Crippen molar-refractivity contribution in [2.45, 2.75) is 27.7 Å². The van der Waals surface area contributed by atoms with Gasteiger partial charge in [-0.15, -0.1) is 0 Å². The average Bonchev–Trinajstić information content (AvgIpc) is 4.00. The first-order valence-electron chi connectivity index (χ1n) is 19.3. The van der Waals surface area contributed by atoms with Crippen molar-refractivity contribution in [2.24, 2.45) is 0 Å². The summed E-state index contributed by atoms with van der Waals surface area (Å²) >= 11 is 0. The molecule has 0 unspecified atom stereocenters. The van der Waals surface area contributed by atoms with E-state index in [1.165, 1.54) is 27.9 Å². The van der Waals surface area contributed by atoms with Crippen LogP contribution in [0.5, 0.6) is 0 Å². The van der Waals surface area contributed by atoms with Crippen LogP contribution < -0.4 is 4.48 Å². The SMILES string of the molecule is Cc1c(C)c2[nH]c1c(-c1ccccc1)c1nc(c(-c3ccccc3)c3[nH]c(c(C)c3C)c(-c3ccc([N+](C)(C)C)cc3)c3nc(c2-c2ccccc2)C=C3)C=C1. The first-order chi connectivity index (χ1) is 27.1. The number of H-pyrrole nitrogens is 2. The Morgan fingerprint density at radius 3 is 0.893 bits per heavy atom. The normalized spacial score (nSPS) is 12.4. The average molecular weight is 729 g/mol. The van der Waals surface area contributed by atoms with Crippen molar-refractivity contribution in [1.82, 2.24) is 24.4 Å². The van der Waals surface area contributed by atoms with Crippen LogP contribution >= 0.6 is 0 Å². The molecule has 7 aromatic rings. The van der Waals surface area contributed by atoms with Crippen molar-refractivity contribution in [3.8, 4) is 44.5 Å². The number of aromatic amines is 2. The molecule has 0 fully saturated rings. The first-order valence-corrected chi connectivity index (χ1v) is 19.3. The van der Waals surface area contributed by atoms with E-state index < -0.39 is 0 Å². The van der Waals surface area contributed by atoms with Crippen molar-refractivity contribution in [3.05, 3.63) is 160 Å². The fourth-order valence-electron chi connectivity index (χ4n) is 8.23. The summed E-state index contributed by atoms with van der Waals surface area (Å²) in [4.78, 5) is 19.1. The van der Waals surface area contributed by atoms with Crippen LogP contribution in [0, 0.1) is 27.7 Å². The van der Waals surface area contributed by atoms with Gasteiger partial charge in [-0.1, -0.05) is 91.0 Å². The van der Waals surface area contributed by atoms with Crippen LogP contribution in [0.2, 0.25) is 0 Å². The molecule has 3 aromatic heterocycles. The molecule has 0 saturated carbocycles. The predicted octanol–water partition coefficient (Wildman–Crippen LogP) is 12.8. The zero-order valence-corrected chi connectivity index (χ0v) is 33.1. The number of nitrogens with one attached hydrogen (secondary N) is 2. The molecule has 5 nitrogen and oxygen atoms in total. The molecule has 0 aliphatic carbocycles. The Balaban J connectivity index is 1.53. The third-order valence-corrected chi connectivity index (χ3v) is 11.5. The van der Waals surface area contributed by atoms with Gasteiger partial charge in [0.05, 0.1) is 66.0 Å². The number of nitrogens with zero attached hydrogens (tertiary/aromatic N) is 3. The molecule has 56 heavy (non-hydrogen) atoms. The highest BCUT2D eigenvalue weighted by Crippen LogP contribution is 2.42. The van der Waals surface area contributed by atoms with Gasteiger partial charge >= 0.3 is 0 Å². The van der Waals surface area contributed by atoms with Gasteiger partial charge in [-0.3, -0.25) is 4.48 Å². The van der Waals surface area contributed by atoms with Crippen molar-refractivity contribution in [2.75, 3.05) is 21.1 Å². The fraction of sp³-hybridized carbons (Fsp3) is 0.137. The molecule has 2 aliphatic heterocycles. The molecule has 0 saturated heterocycles. The molecule has 0 radical (unpaired) electrons. The summed E-state index contributed by atoms with van der Waals surface area (Å²) in [5.74, 6) is 0. The van der Waals surface area contributed by atoms with E-state index in [0.717, 1.165) is 93.8 Å². The van der Waals surface area contributed by atoms with Crippen LogP contribution in [0.1, 0.15) is 45.0 Å². The molecule has 8 bridgehead atoms. The van der Waals surface area contributed by atoms with E-state index in [2.05, 4.69) is 198 Å². The van der Waals surface area contributed by atoms with Gasteiger partial charge in [0.25, 0.3) is 0 Å². The quantitative estimate of drug-likeness (QED) is 0.173.